The van der Waals surface area contributed by atoms with E-state index >= 15 is 0 Å². The Kier molecular flexibility index (Phi) is 5.93. The third-order valence-corrected chi connectivity index (χ3v) is 3.00. The highest BCUT2D eigenvalue weighted by atomic mass is 79.9. The molecule has 0 spiro atoms. The molecule has 0 aliphatic carbocycles. The lowest BCUT2D eigenvalue weighted by Crippen LogP contribution is -2.33. The molecule has 7 heteroatoms. The van der Waals surface area contributed by atoms with Gasteiger partial charge in [0.15, 0.2) is 5.78 Å². The number of rotatable bonds is 7. The summed E-state index contributed by atoms with van der Waals surface area (Å²) in [5.74, 6) is -4.69. The van der Waals surface area contributed by atoms with Crippen LogP contribution in [0.25, 0.3) is 0 Å². The number of carbonyl (C=O) groups excluding carboxylic acids is 1. The van der Waals surface area contributed by atoms with Crippen molar-refractivity contribution >= 4 is 21.7 Å². The monoisotopic (exact) mass is 342 g/mol. The molecule has 0 fully saturated rings. The minimum atomic E-state index is -4.23. The molecule has 0 aliphatic rings. The molecule has 1 aromatic carbocycles. The van der Waals surface area contributed by atoms with Gasteiger partial charge in [-0.25, -0.2) is 8.78 Å². The third-order valence-electron chi connectivity index (χ3n) is 2.22. The lowest BCUT2D eigenvalue weighted by molar-refractivity contribution is -0.168. The highest BCUT2D eigenvalue weighted by Crippen LogP contribution is 2.23. The number of ketones is 1. The van der Waals surface area contributed by atoms with Crippen molar-refractivity contribution in [2.45, 2.75) is 18.8 Å². The van der Waals surface area contributed by atoms with Gasteiger partial charge in [-0.1, -0.05) is 34.1 Å². The molecule has 0 atom stereocenters. The molecule has 0 aromatic heterocycles. The van der Waals surface area contributed by atoms with Gasteiger partial charge in [0.25, 0.3) is 0 Å². The molecule has 0 heterocycles. The van der Waals surface area contributed by atoms with E-state index in [1.165, 1.54) is 0 Å². The lowest BCUT2D eigenvalue weighted by Gasteiger charge is -2.14. The summed E-state index contributed by atoms with van der Waals surface area (Å²) in [6, 6.07) is 6.90. The topological polar surface area (TPSA) is 26.3 Å². The van der Waals surface area contributed by atoms with Crippen molar-refractivity contribution in [1.82, 2.24) is 0 Å². The van der Waals surface area contributed by atoms with Crippen LogP contribution in [-0.2, 0) is 16.0 Å². The molecule has 0 aliphatic heterocycles. The number of hydrogen-bond acceptors (Lipinski definition) is 2. The van der Waals surface area contributed by atoms with E-state index in [1.54, 1.807) is 24.3 Å². The maximum atomic E-state index is 12.5. The summed E-state index contributed by atoms with van der Waals surface area (Å²) in [6.45, 7) is -2.09. The Morgan fingerprint density at radius 1 is 1.32 bits per heavy atom. The molecule has 1 rings (SSSR count). The van der Waals surface area contributed by atoms with Gasteiger partial charge in [-0.3, -0.25) is 4.79 Å². The van der Waals surface area contributed by atoms with Crippen molar-refractivity contribution in [2.75, 3.05) is 13.2 Å². The zero-order chi connectivity index (χ0) is 14.5. The van der Waals surface area contributed by atoms with Gasteiger partial charge in [0.1, 0.15) is 13.2 Å². The number of ether oxygens (including phenoxy) is 1. The first kappa shape index (κ1) is 16.1. The Morgan fingerprint density at radius 3 is 2.53 bits per heavy atom. The molecule has 106 valence electrons. The van der Waals surface area contributed by atoms with Crippen LogP contribution in [0.1, 0.15) is 5.56 Å². The van der Waals surface area contributed by atoms with Gasteiger partial charge >= 0.3 is 12.3 Å². The second kappa shape index (κ2) is 7.00. The molecule has 0 amide bonds. The Bertz CT molecular complexity index is 437. The largest absolute Gasteiger partial charge is 0.367 e. The summed E-state index contributed by atoms with van der Waals surface area (Å²) in [5, 5.41) is 0. The van der Waals surface area contributed by atoms with E-state index in [0.29, 0.717) is 10.0 Å². The molecule has 0 saturated heterocycles. The molecule has 0 radical (unpaired) electrons. The normalized spacial score (nSPS) is 11.9. The molecular weight excluding hydrogens is 332 g/mol. The zero-order valence-corrected chi connectivity index (χ0v) is 11.3. The van der Waals surface area contributed by atoms with Crippen LogP contribution in [0.4, 0.5) is 17.6 Å². The molecule has 0 saturated carbocycles. The van der Waals surface area contributed by atoms with Gasteiger partial charge < -0.3 is 4.74 Å². The summed E-state index contributed by atoms with van der Waals surface area (Å²) in [5.41, 5.74) is 0.678. The van der Waals surface area contributed by atoms with Crippen molar-refractivity contribution in [1.29, 1.82) is 0 Å². The highest BCUT2D eigenvalue weighted by molar-refractivity contribution is 9.10. The second-order valence-corrected chi connectivity index (χ2v) is 4.72. The Labute approximate surface area is 115 Å². The Balaban J connectivity index is 2.39. The number of hydrogen-bond donors (Lipinski definition) is 0. The van der Waals surface area contributed by atoms with Crippen molar-refractivity contribution in [3.8, 4) is 0 Å². The second-order valence-electron chi connectivity index (χ2n) is 3.86. The molecule has 2 nitrogen and oxygen atoms in total. The summed E-state index contributed by atoms with van der Waals surface area (Å²) in [6.07, 6.45) is -3.81. The SMILES string of the molecule is O=C(COCC(F)(F)C(F)F)Cc1ccccc1Br. The lowest BCUT2D eigenvalue weighted by atomic mass is 10.1. The fourth-order valence-electron chi connectivity index (χ4n) is 1.27. The van der Waals surface area contributed by atoms with Crippen LogP contribution >= 0.6 is 15.9 Å². The van der Waals surface area contributed by atoms with Crippen molar-refractivity contribution in [3.05, 3.63) is 34.3 Å². The van der Waals surface area contributed by atoms with Crippen molar-refractivity contribution in [2.24, 2.45) is 0 Å². The van der Waals surface area contributed by atoms with E-state index in [1.807, 2.05) is 0 Å². The summed E-state index contributed by atoms with van der Waals surface area (Å²) >= 11 is 3.23. The first-order valence-electron chi connectivity index (χ1n) is 5.32. The van der Waals surface area contributed by atoms with Crippen LogP contribution < -0.4 is 0 Å². The van der Waals surface area contributed by atoms with Gasteiger partial charge in [-0.05, 0) is 11.6 Å². The fraction of sp³-hybridized carbons (Fsp3) is 0.417. The maximum Gasteiger partial charge on any atom is 0.330 e. The summed E-state index contributed by atoms with van der Waals surface area (Å²) in [7, 11) is 0. The van der Waals surface area contributed by atoms with Crippen LogP contribution in [0.5, 0.6) is 0 Å². The van der Waals surface area contributed by atoms with E-state index in [9.17, 15) is 22.4 Å². The standard InChI is InChI=1S/C12H11BrF4O2/c13-10-4-2-1-3-8(10)5-9(18)6-19-7-12(16,17)11(14)15/h1-4,11H,5-7H2. The van der Waals surface area contributed by atoms with Gasteiger partial charge in [-0.15, -0.1) is 0 Å². The van der Waals surface area contributed by atoms with Crippen LogP contribution in [0.2, 0.25) is 0 Å². The highest BCUT2D eigenvalue weighted by Gasteiger charge is 2.41. The molecule has 0 N–H and O–H groups in total. The van der Waals surface area contributed by atoms with E-state index < -0.39 is 31.3 Å². The number of alkyl halides is 4. The van der Waals surface area contributed by atoms with E-state index in [-0.39, 0.29) is 6.42 Å². The Morgan fingerprint density at radius 2 is 1.95 bits per heavy atom. The van der Waals surface area contributed by atoms with E-state index in [2.05, 4.69) is 20.7 Å². The molecule has 0 bridgehead atoms. The van der Waals surface area contributed by atoms with Gasteiger partial charge in [0, 0.05) is 10.9 Å². The molecular formula is C12H11BrF4O2. The van der Waals surface area contributed by atoms with Crippen LogP contribution in [0, 0.1) is 0 Å². The van der Waals surface area contributed by atoms with Crippen LogP contribution in [0.15, 0.2) is 28.7 Å². The zero-order valence-electron chi connectivity index (χ0n) is 9.71. The quantitative estimate of drug-likeness (QED) is 0.709. The average molecular weight is 343 g/mol. The van der Waals surface area contributed by atoms with Gasteiger partial charge in [-0.2, -0.15) is 8.78 Å². The third kappa shape index (κ3) is 5.28. The summed E-state index contributed by atoms with van der Waals surface area (Å²) < 4.78 is 53.7. The van der Waals surface area contributed by atoms with Crippen molar-refractivity contribution in [3.63, 3.8) is 0 Å². The first-order chi connectivity index (χ1) is 8.83. The Hall–Kier alpha value is -0.950. The van der Waals surface area contributed by atoms with Gasteiger partial charge in [0.2, 0.25) is 0 Å². The smallest absolute Gasteiger partial charge is 0.330 e. The fourth-order valence-corrected chi connectivity index (χ4v) is 1.69. The molecule has 0 unspecified atom stereocenters. The summed E-state index contributed by atoms with van der Waals surface area (Å²) in [4.78, 5) is 11.4. The minimum Gasteiger partial charge on any atom is -0.367 e. The number of benzene rings is 1. The number of carbonyl (C=O) groups is 1. The predicted molar refractivity (Wildman–Crippen MR) is 64.6 cm³/mol. The molecule has 19 heavy (non-hydrogen) atoms. The van der Waals surface area contributed by atoms with Crippen LogP contribution in [-0.4, -0.2) is 31.3 Å². The predicted octanol–water partition coefficient (Wildman–Crippen LogP) is 3.48. The maximum absolute atomic E-state index is 12.5. The molecule has 1 aromatic rings. The van der Waals surface area contributed by atoms with Crippen molar-refractivity contribution < 1.29 is 27.1 Å². The van der Waals surface area contributed by atoms with Gasteiger partial charge in [0.05, 0.1) is 0 Å². The number of Topliss-reactive ketones (excluding diaryl/α,β-unsaturated/α-hetero) is 1. The van der Waals surface area contributed by atoms with E-state index in [4.69, 9.17) is 0 Å². The van der Waals surface area contributed by atoms with E-state index in [0.717, 1.165) is 0 Å². The first-order valence-corrected chi connectivity index (χ1v) is 6.11. The number of halogens is 5. The van der Waals surface area contributed by atoms with Crippen LogP contribution in [0.3, 0.4) is 0 Å². The average Bonchev–Trinajstić information content (AvgIpc) is 2.31. The minimum absolute atomic E-state index is 0.0122.